The van der Waals surface area contributed by atoms with Crippen molar-refractivity contribution in [3.63, 3.8) is 0 Å². The second-order valence-corrected chi connectivity index (χ2v) is 8.14. The molecule has 0 aliphatic heterocycles. The van der Waals surface area contributed by atoms with Crippen LogP contribution in [0, 0.1) is 0 Å². The number of ether oxygens (including phenoxy) is 1. The molecule has 3 heteroatoms. The second-order valence-electron chi connectivity index (χ2n) is 7.69. The predicted molar refractivity (Wildman–Crippen MR) is 123 cm³/mol. The number of hydrogen-bond donors (Lipinski definition) is 1. The normalized spacial score (nSPS) is 11.3. The van der Waals surface area contributed by atoms with Gasteiger partial charge in [0.25, 0.3) is 0 Å². The SMILES string of the molecule is CCCCC/C=C/CCCCCCCCCCCCCCC(=O)OCCS. The highest BCUT2D eigenvalue weighted by atomic mass is 32.1. The first-order valence-electron chi connectivity index (χ1n) is 11.7. The second kappa shape index (κ2) is 23.6. The summed E-state index contributed by atoms with van der Waals surface area (Å²) in [7, 11) is 0. The molecule has 0 aromatic heterocycles. The molecule has 0 saturated heterocycles. The summed E-state index contributed by atoms with van der Waals surface area (Å²) < 4.78 is 5.01. The molecule has 0 heterocycles. The van der Waals surface area contributed by atoms with Crippen molar-refractivity contribution < 1.29 is 9.53 Å². The lowest BCUT2D eigenvalue weighted by atomic mass is 10.0. The Morgan fingerprint density at radius 2 is 1.15 bits per heavy atom. The van der Waals surface area contributed by atoms with Crippen LogP contribution in [0.25, 0.3) is 0 Å². The van der Waals surface area contributed by atoms with Crippen LogP contribution in [0.15, 0.2) is 12.2 Å². The van der Waals surface area contributed by atoms with Gasteiger partial charge in [-0.3, -0.25) is 4.79 Å². The molecule has 0 aliphatic carbocycles. The monoisotopic (exact) mass is 398 g/mol. The van der Waals surface area contributed by atoms with Gasteiger partial charge in [0.05, 0.1) is 0 Å². The van der Waals surface area contributed by atoms with Crippen molar-refractivity contribution >= 4 is 18.6 Å². The number of esters is 1. The van der Waals surface area contributed by atoms with Gasteiger partial charge in [-0.1, -0.05) is 96.1 Å². The van der Waals surface area contributed by atoms with Crippen LogP contribution in [0.5, 0.6) is 0 Å². The van der Waals surface area contributed by atoms with Crippen molar-refractivity contribution in [2.45, 2.75) is 122 Å². The van der Waals surface area contributed by atoms with Gasteiger partial charge in [-0.25, -0.2) is 0 Å². The quantitative estimate of drug-likeness (QED) is 0.0915. The highest BCUT2D eigenvalue weighted by Gasteiger charge is 2.01. The van der Waals surface area contributed by atoms with Crippen molar-refractivity contribution in [2.24, 2.45) is 0 Å². The number of thiol groups is 1. The number of carbonyl (C=O) groups excluding carboxylic acids is 1. The summed E-state index contributed by atoms with van der Waals surface area (Å²) >= 11 is 4.03. The van der Waals surface area contributed by atoms with Gasteiger partial charge in [0.1, 0.15) is 6.61 Å². The molecule has 0 fully saturated rings. The molecule has 0 aromatic carbocycles. The van der Waals surface area contributed by atoms with E-state index in [-0.39, 0.29) is 5.97 Å². The van der Waals surface area contributed by atoms with Gasteiger partial charge in [-0.15, -0.1) is 0 Å². The lowest BCUT2D eigenvalue weighted by molar-refractivity contribution is -0.143. The van der Waals surface area contributed by atoms with Crippen LogP contribution in [0.1, 0.15) is 122 Å². The standard InChI is InChI=1S/C24H46O2S/c1-2-3-4-5-6-7-8-9-10-11-12-13-14-15-16-17-18-19-20-21-24(25)26-22-23-27/h6-7,27H,2-5,8-23H2,1H3/b7-6+. The zero-order valence-corrected chi connectivity index (χ0v) is 19.0. The van der Waals surface area contributed by atoms with Crippen LogP contribution in [-0.4, -0.2) is 18.3 Å². The van der Waals surface area contributed by atoms with Crippen molar-refractivity contribution in [3.8, 4) is 0 Å². The lowest BCUT2D eigenvalue weighted by Gasteiger charge is -2.04. The van der Waals surface area contributed by atoms with Gasteiger partial charge in [0.2, 0.25) is 0 Å². The van der Waals surface area contributed by atoms with Crippen molar-refractivity contribution in [2.75, 3.05) is 12.4 Å². The first-order valence-corrected chi connectivity index (χ1v) is 12.4. The van der Waals surface area contributed by atoms with Gasteiger partial charge in [0.15, 0.2) is 0 Å². The van der Waals surface area contributed by atoms with Crippen LogP contribution in [0.4, 0.5) is 0 Å². The summed E-state index contributed by atoms with van der Waals surface area (Å²) in [6.07, 6.45) is 27.8. The molecule has 0 unspecified atom stereocenters. The molecule has 0 aliphatic rings. The summed E-state index contributed by atoms with van der Waals surface area (Å²) in [4.78, 5) is 11.3. The molecule has 27 heavy (non-hydrogen) atoms. The van der Waals surface area contributed by atoms with E-state index >= 15 is 0 Å². The third kappa shape index (κ3) is 23.5. The highest BCUT2D eigenvalue weighted by molar-refractivity contribution is 7.80. The van der Waals surface area contributed by atoms with Gasteiger partial charge >= 0.3 is 5.97 Å². The van der Waals surface area contributed by atoms with Crippen LogP contribution < -0.4 is 0 Å². The average molecular weight is 399 g/mol. The fraction of sp³-hybridized carbons (Fsp3) is 0.875. The van der Waals surface area contributed by atoms with Crippen molar-refractivity contribution in [1.82, 2.24) is 0 Å². The Kier molecular flexibility index (Phi) is 23.2. The maximum atomic E-state index is 11.3. The Labute approximate surface area is 175 Å². The molecular formula is C24H46O2S. The van der Waals surface area contributed by atoms with E-state index in [1.807, 2.05) is 0 Å². The van der Waals surface area contributed by atoms with E-state index in [0.717, 1.165) is 12.8 Å². The lowest BCUT2D eigenvalue weighted by Crippen LogP contribution is -2.06. The zero-order chi connectivity index (χ0) is 19.8. The van der Waals surface area contributed by atoms with Crippen LogP contribution >= 0.6 is 12.6 Å². The molecular weight excluding hydrogens is 352 g/mol. The molecule has 160 valence electrons. The van der Waals surface area contributed by atoms with E-state index in [1.165, 1.54) is 96.3 Å². The molecule has 0 atom stereocenters. The molecule has 0 saturated carbocycles. The Bertz CT molecular complexity index is 328. The fourth-order valence-corrected chi connectivity index (χ4v) is 3.37. The zero-order valence-electron chi connectivity index (χ0n) is 18.1. The number of allylic oxidation sites excluding steroid dienone is 2. The van der Waals surface area contributed by atoms with Crippen LogP contribution in [0.2, 0.25) is 0 Å². The van der Waals surface area contributed by atoms with Gasteiger partial charge in [0, 0.05) is 12.2 Å². The number of carbonyl (C=O) groups is 1. The maximum absolute atomic E-state index is 11.3. The number of rotatable bonds is 21. The number of hydrogen-bond acceptors (Lipinski definition) is 3. The van der Waals surface area contributed by atoms with E-state index in [2.05, 4.69) is 31.7 Å². The van der Waals surface area contributed by atoms with Gasteiger partial charge in [-0.05, 0) is 32.1 Å². The summed E-state index contributed by atoms with van der Waals surface area (Å²) in [6, 6.07) is 0. The largest absolute Gasteiger partial charge is 0.465 e. The molecule has 0 rings (SSSR count). The van der Waals surface area contributed by atoms with Gasteiger partial charge in [-0.2, -0.15) is 12.6 Å². The predicted octanol–water partition coefficient (Wildman–Crippen LogP) is 8.06. The summed E-state index contributed by atoms with van der Waals surface area (Å²) in [5, 5.41) is 0. The summed E-state index contributed by atoms with van der Waals surface area (Å²) in [6.45, 7) is 2.71. The minimum absolute atomic E-state index is 0.0629. The van der Waals surface area contributed by atoms with E-state index in [1.54, 1.807) is 0 Å². The van der Waals surface area contributed by atoms with E-state index in [9.17, 15) is 4.79 Å². The number of unbranched alkanes of at least 4 members (excludes halogenated alkanes) is 15. The van der Waals surface area contributed by atoms with Crippen LogP contribution in [-0.2, 0) is 9.53 Å². The highest BCUT2D eigenvalue weighted by Crippen LogP contribution is 2.13. The third-order valence-electron chi connectivity index (χ3n) is 5.00. The van der Waals surface area contributed by atoms with E-state index in [0.29, 0.717) is 18.8 Å². The molecule has 0 radical (unpaired) electrons. The Balaban J connectivity index is 3.10. The van der Waals surface area contributed by atoms with Crippen LogP contribution in [0.3, 0.4) is 0 Å². The minimum Gasteiger partial charge on any atom is -0.465 e. The summed E-state index contributed by atoms with van der Waals surface area (Å²) in [5.41, 5.74) is 0. The first kappa shape index (κ1) is 26.6. The minimum atomic E-state index is -0.0629. The topological polar surface area (TPSA) is 26.3 Å². The van der Waals surface area contributed by atoms with Gasteiger partial charge < -0.3 is 4.74 Å². The fourth-order valence-electron chi connectivity index (χ4n) is 3.28. The molecule has 0 spiro atoms. The molecule has 0 N–H and O–H groups in total. The molecule has 0 aromatic rings. The molecule has 0 amide bonds. The molecule has 2 nitrogen and oxygen atoms in total. The smallest absolute Gasteiger partial charge is 0.305 e. The first-order chi connectivity index (χ1) is 13.3. The van der Waals surface area contributed by atoms with E-state index in [4.69, 9.17) is 4.74 Å². The maximum Gasteiger partial charge on any atom is 0.305 e. The Morgan fingerprint density at radius 3 is 1.63 bits per heavy atom. The molecule has 0 bridgehead atoms. The Morgan fingerprint density at radius 1 is 0.704 bits per heavy atom. The third-order valence-corrected chi connectivity index (χ3v) is 5.18. The average Bonchev–Trinajstić information content (AvgIpc) is 2.68. The van der Waals surface area contributed by atoms with Crippen molar-refractivity contribution in [1.29, 1.82) is 0 Å². The van der Waals surface area contributed by atoms with E-state index < -0.39 is 0 Å². The Hall–Kier alpha value is -0.440. The van der Waals surface area contributed by atoms with Crippen molar-refractivity contribution in [3.05, 3.63) is 12.2 Å². The summed E-state index contributed by atoms with van der Waals surface area (Å²) in [5.74, 6) is 0.550.